The number of carbonyl (C=O) groups is 1. The monoisotopic (exact) mass is 357 g/mol. The second-order valence-corrected chi connectivity index (χ2v) is 6.54. The number of piperidine rings is 1. The van der Waals surface area contributed by atoms with Crippen LogP contribution in [0.4, 0.5) is 5.69 Å². The lowest BCUT2D eigenvalue weighted by atomic mass is 10.0. The number of hydrogen-bond acceptors (Lipinski definition) is 5. The molecule has 0 bridgehead atoms. The van der Waals surface area contributed by atoms with Crippen molar-refractivity contribution in [3.8, 4) is 0 Å². The van der Waals surface area contributed by atoms with Crippen LogP contribution in [0.15, 0.2) is 41.0 Å². The molecule has 26 heavy (non-hydrogen) atoms. The average Bonchev–Trinajstić information content (AvgIpc) is 3.17. The third-order valence-electron chi connectivity index (χ3n) is 4.91. The Balaban J connectivity index is 1.74. The number of nitrogens with one attached hydrogen (secondary N) is 1. The van der Waals surface area contributed by atoms with Crippen LogP contribution >= 0.6 is 0 Å². The quantitative estimate of drug-likeness (QED) is 0.632. The van der Waals surface area contributed by atoms with Gasteiger partial charge in [-0.05, 0) is 51.1 Å². The van der Waals surface area contributed by atoms with E-state index >= 15 is 0 Å². The molecule has 1 aliphatic heterocycles. The SMILES string of the molecule is Cc1c(C(=O)NCC(c2ccco2)N2CCCCC2)cccc1[N+](=O)[O-]. The standard InChI is InChI=1S/C19H23N3O4/c1-14-15(7-5-8-16(14)22(24)25)19(23)20-13-17(18-9-6-12-26-18)21-10-3-2-4-11-21/h5-9,12,17H,2-4,10-11,13H2,1H3,(H,20,23). The zero-order chi connectivity index (χ0) is 18.5. The molecule has 0 spiro atoms. The highest BCUT2D eigenvalue weighted by atomic mass is 16.6. The molecular weight excluding hydrogens is 334 g/mol. The van der Waals surface area contributed by atoms with Crippen LogP contribution in [0.3, 0.4) is 0 Å². The lowest BCUT2D eigenvalue weighted by Crippen LogP contribution is -2.40. The lowest BCUT2D eigenvalue weighted by molar-refractivity contribution is -0.385. The van der Waals surface area contributed by atoms with Crippen molar-refractivity contribution in [2.24, 2.45) is 0 Å². The highest BCUT2D eigenvalue weighted by Crippen LogP contribution is 2.25. The van der Waals surface area contributed by atoms with E-state index < -0.39 is 4.92 Å². The maximum Gasteiger partial charge on any atom is 0.273 e. The molecule has 138 valence electrons. The van der Waals surface area contributed by atoms with Gasteiger partial charge in [-0.15, -0.1) is 0 Å². The number of nitro groups is 1. The number of rotatable bonds is 6. The summed E-state index contributed by atoms with van der Waals surface area (Å²) in [5.74, 6) is 0.516. The second kappa shape index (κ2) is 8.14. The van der Waals surface area contributed by atoms with Crippen molar-refractivity contribution in [2.75, 3.05) is 19.6 Å². The summed E-state index contributed by atoms with van der Waals surface area (Å²) >= 11 is 0. The molecular formula is C19H23N3O4. The zero-order valence-electron chi connectivity index (χ0n) is 14.8. The van der Waals surface area contributed by atoms with Gasteiger partial charge < -0.3 is 9.73 Å². The van der Waals surface area contributed by atoms with Crippen LogP contribution in [0.25, 0.3) is 0 Å². The van der Waals surface area contributed by atoms with E-state index in [1.54, 1.807) is 19.3 Å². The van der Waals surface area contributed by atoms with Gasteiger partial charge in [0.05, 0.1) is 17.2 Å². The van der Waals surface area contributed by atoms with E-state index in [1.807, 2.05) is 12.1 Å². The van der Waals surface area contributed by atoms with Crippen molar-refractivity contribution in [3.05, 3.63) is 63.6 Å². The van der Waals surface area contributed by atoms with Crippen LogP contribution in [0.2, 0.25) is 0 Å². The van der Waals surface area contributed by atoms with E-state index in [9.17, 15) is 14.9 Å². The fraction of sp³-hybridized carbons (Fsp3) is 0.421. The molecule has 3 rings (SSSR count). The number of amides is 1. The largest absolute Gasteiger partial charge is 0.468 e. The minimum Gasteiger partial charge on any atom is -0.468 e. The second-order valence-electron chi connectivity index (χ2n) is 6.54. The van der Waals surface area contributed by atoms with Crippen LogP contribution in [-0.2, 0) is 0 Å². The summed E-state index contributed by atoms with van der Waals surface area (Å²) < 4.78 is 5.58. The molecule has 0 aliphatic carbocycles. The van der Waals surface area contributed by atoms with Crippen LogP contribution in [0, 0.1) is 17.0 Å². The summed E-state index contributed by atoms with van der Waals surface area (Å²) in [7, 11) is 0. The predicted molar refractivity (Wildman–Crippen MR) is 97.0 cm³/mol. The van der Waals surface area contributed by atoms with E-state index in [0.717, 1.165) is 31.7 Å². The molecule has 0 radical (unpaired) electrons. The van der Waals surface area contributed by atoms with Crippen molar-refractivity contribution in [1.29, 1.82) is 0 Å². The summed E-state index contributed by atoms with van der Waals surface area (Å²) in [6, 6.07) is 8.29. The summed E-state index contributed by atoms with van der Waals surface area (Å²) in [6.45, 7) is 3.93. The van der Waals surface area contributed by atoms with E-state index in [2.05, 4.69) is 10.2 Å². The Kier molecular flexibility index (Phi) is 5.68. The fourth-order valence-electron chi connectivity index (χ4n) is 3.47. The van der Waals surface area contributed by atoms with Gasteiger partial charge in [0.25, 0.3) is 11.6 Å². The minimum absolute atomic E-state index is 0.0340. The Morgan fingerprint density at radius 1 is 1.27 bits per heavy atom. The number of nitro benzene ring substituents is 1. The maximum absolute atomic E-state index is 12.6. The number of nitrogens with zero attached hydrogens (tertiary/aromatic N) is 2. The van der Waals surface area contributed by atoms with Crippen molar-refractivity contribution in [1.82, 2.24) is 10.2 Å². The molecule has 1 atom stereocenters. The number of benzene rings is 1. The number of carbonyl (C=O) groups excluding carboxylic acids is 1. The molecule has 7 heteroatoms. The summed E-state index contributed by atoms with van der Waals surface area (Å²) in [4.78, 5) is 25.5. The number of likely N-dealkylation sites (tertiary alicyclic amines) is 1. The lowest BCUT2D eigenvalue weighted by Gasteiger charge is -2.33. The Morgan fingerprint density at radius 3 is 2.69 bits per heavy atom. The summed E-state index contributed by atoms with van der Waals surface area (Å²) in [6.07, 6.45) is 5.13. The van der Waals surface area contributed by atoms with Crippen molar-refractivity contribution in [2.45, 2.75) is 32.2 Å². The summed E-state index contributed by atoms with van der Waals surface area (Å²) in [5.41, 5.74) is 0.662. The minimum atomic E-state index is -0.467. The normalized spacial score (nSPS) is 16.2. The molecule has 1 N–H and O–H groups in total. The molecule has 1 aromatic heterocycles. The zero-order valence-corrected chi connectivity index (χ0v) is 14.8. The molecule has 1 unspecified atom stereocenters. The number of furan rings is 1. The molecule has 1 fully saturated rings. The number of hydrogen-bond donors (Lipinski definition) is 1. The molecule has 1 amide bonds. The molecule has 1 aliphatic rings. The van der Waals surface area contributed by atoms with Crippen molar-refractivity contribution >= 4 is 11.6 Å². The topological polar surface area (TPSA) is 88.6 Å². The highest BCUT2D eigenvalue weighted by molar-refractivity contribution is 5.96. The maximum atomic E-state index is 12.6. The third-order valence-corrected chi connectivity index (χ3v) is 4.91. The van der Waals surface area contributed by atoms with Gasteiger partial charge in [0.1, 0.15) is 5.76 Å². The molecule has 1 saturated heterocycles. The van der Waals surface area contributed by atoms with Gasteiger partial charge in [0, 0.05) is 23.7 Å². The Bertz CT molecular complexity index is 767. The first-order chi connectivity index (χ1) is 12.6. The van der Waals surface area contributed by atoms with E-state index in [-0.39, 0.29) is 17.6 Å². The van der Waals surface area contributed by atoms with Crippen LogP contribution in [0.5, 0.6) is 0 Å². The molecule has 2 heterocycles. The molecule has 2 aromatic rings. The van der Waals surface area contributed by atoms with Crippen molar-refractivity contribution < 1.29 is 14.1 Å². The van der Waals surface area contributed by atoms with Gasteiger partial charge >= 0.3 is 0 Å². The van der Waals surface area contributed by atoms with Crippen LogP contribution in [0.1, 0.15) is 47.0 Å². The van der Waals surface area contributed by atoms with Crippen LogP contribution in [-0.4, -0.2) is 35.4 Å². The summed E-state index contributed by atoms with van der Waals surface area (Å²) in [5, 5.41) is 14.0. The molecule has 7 nitrogen and oxygen atoms in total. The smallest absolute Gasteiger partial charge is 0.273 e. The van der Waals surface area contributed by atoms with E-state index in [1.165, 1.54) is 18.6 Å². The van der Waals surface area contributed by atoms with Gasteiger partial charge in [-0.3, -0.25) is 19.8 Å². The molecule has 0 saturated carbocycles. The van der Waals surface area contributed by atoms with E-state index in [0.29, 0.717) is 17.7 Å². The Hall–Kier alpha value is -2.67. The van der Waals surface area contributed by atoms with Gasteiger partial charge in [0.2, 0.25) is 0 Å². The predicted octanol–water partition coefficient (Wildman–Crippen LogP) is 3.45. The van der Waals surface area contributed by atoms with Crippen LogP contribution < -0.4 is 5.32 Å². The Labute approximate surface area is 152 Å². The first-order valence-electron chi connectivity index (χ1n) is 8.87. The van der Waals surface area contributed by atoms with Gasteiger partial charge in [-0.2, -0.15) is 0 Å². The first-order valence-corrected chi connectivity index (χ1v) is 8.87. The van der Waals surface area contributed by atoms with Gasteiger partial charge in [0.15, 0.2) is 0 Å². The third kappa shape index (κ3) is 3.94. The fourth-order valence-corrected chi connectivity index (χ4v) is 3.47. The van der Waals surface area contributed by atoms with E-state index in [4.69, 9.17) is 4.42 Å². The first kappa shape index (κ1) is 18.1. The Morgan fingerprint density at radius 2 is 2.04 bits per heavy atom. The highest BCUT2D eigenvalue weighted by Gasteiger charge is 2.26. The van der Waals surface area contributed by atoms with Gasteiger partial charge in [-0.25, -0.2) is 0 Å². The average molecular weight is 357 g/mol. The van der Waals surface area contributed by atoms with Gasteiger partial charge in [-0.1, -0.05) is 12.5 Å². The molecule has 1 aromatic carbocycles. The van der Waals surface area contributed by atoms with Crippen molar-refractivity contribution in [3.63, 3.8) is 0 Å².